The van der Waals surface area contributed by atoms with E-state index in [4.69, 9.17) is 78.2 Å². The van der Waals surface area contributed by atoms with Crippen LogP contribution in [0.5, 0.6) is 11.5 Å². The van der Waals surface area contributed by atoms with Crippen molar-refractivity contribution in [3.05, 3.63) is 70.6 Å². The summed E-state index contributed by atoms with van der Waals surface area (Å²) in [4.78, 5) is 43.4. The minimum absolute atomic E-state index is 0. The number of aryl methyl sites for hydroxylation is 2. The van der Waals surface area contributed by atoms with E-state index < -0.39 is 11.9 Å². The molecule has 5 N–H and O–H groups in total. The Kier molecular flexibility index (Phi) is 30.9. The van der Waals surface area contributed by atoms with Crippen LogP contribution in [0.15, 0.2) is 36.7 Å². The largest absolute Gasteiger partial charge is 0.657 e. The molecule has 2 aromatic heterocycles. The van der Waals surface area contributed by atoms with Gasteiger partial charge in [0, 0.05) is 85.7 Å². The standard InChI is InChI=1S/C47H64N5O9.2C2H4O2.Gd/c1-6-16-56-18-20-58-22-24-60-46-28-42-43(29-47(46)61-25-23-59-21-19-57-17-15-55)49-31-45-33(5)37(12-10-14-54)41(52-45)27-39-35(8-3)34(7-2)38(50-39)26-40-36(11-9-13-53)32(4)44(51-40)30-48-42;2*1-2(3)4;/h26-31,53-55H,6-25H2,1-5H3;2*1H3,(H,3,4);/q-1;;;. The molecule has 0 amide bonds. The van der Waals surface area contributed by atoms with Crippen LogP contribution < -0.4 is 14.5 Å². The number of carboxylic acids is 2. The van der Waals surface area contributed by atoms with Crippen LogP contribution in [0.25, 0.3) is 44.4 Å². The first kappa shape index (κ1) is 61.8. The Labute approximate surface area is 443 Å². The van der Waals surface area contributed by atoms with E-state index in [1.807, 2.05) is 19.9 Å². The van der Waals surface area contributed by atoms with E-state index in [9.17, 15) is 10.2 Å². The fourth-order valence-corrected chi connectivity index (χ4v) is 7.26. The van der Waals surface area contributed by atoms with Gasteiger partial charge in [-0.15, -0.1) is 11.0 Å². The summed E-state index contributed by atoms with van der Waals surface area (Å²) < 4.78 is 34.9. The van der Waals surface area contributed by atoms with E-state index in [0.29, 0.717) is 106 Å². The van der Waals surface area contributed by atoms with Gasteiger partial charge in [0.05, 0.1) is 99.1 Å². The van der Waals surface area contributed by atoms with Gasteiger partial charge in [0.2, 0.25) is 0 Å². The summed E-state index contributed by atoms with van der Waals surface area (Å²) >= 11 is 0. The number of allylic oxidation sites excluding steroid dienone is 4. The quantitative estimate of drug-likeness (QED) is 0.0512. The average molecular weight is 1120 g/mol. The Morgan fingerprint density at radius 1 is 0.543 bits per heavy atom. The number of aromatic nitrogens is 5. The van der Waals surface area contributed by atoms with Crippen LogP contribution in [0.3, 0.4) is 0 Å². The molecule has 0 fully saturated rings. The number of aliphatic carboxylic acids is 2. The van der Waals surface area contributed by atoms with Crippen LogP contribution in [-0.4, -0.2) is 143 Å². The first-order chi connectivity index (χ1) is 33.3. The zero-order valence-electron chi connectivity index (χ0n) is 41.7. The van der Waals surface area contributed by atoms with Crippen molar-refractivity contribution >= 4 is 56.3 Å². The third-order valence-electron chi connectivity index (χ3n) is 10.4. The Morgan fingerprint density at radius 3 is 1.27 bits per heavy atom. The summed E-state index contributed by atoms with van der Waals surface area (Å²) in [5.74, 6) is -0.753. The number of rotatable bonds is 26. The maximum Gasteiger partial charge on any atom is 0.300 e. The number of carboxylic acid groups (broad SMARTS) is 2. The molecule has 0 saturated carbocycles. The number of hydrogen-bond acceptors (Lipinski definition) is 15. The second kappa shape index (κ2) is 34.9. The molecule has 0 aliphatic carbocycles. The predicted octanol–water partition coefficient (Wildman–Crippen LogP) is 6.91. The van der Waals surface area contributed by atoms with Crippen molar-refractivity contribution in [2.24, 2.45) is 0 Å². The number of nitrogens with zero attached hydrogens (tertiary/aromatic N) is 5. The van der Waals surface area contributed by atoms with Gasteiger partial charge in [0.1, 0.15) is 13.2 Å². The second-order valence-electron chi connectivity index (χ2n) is 15.7. The van der Waals surface area contributed by atoms with E-state index in [0.717, 1.165) is 77.8 Å². The predicted molar refractivity (Wildman–Crippen MR) is 265 cm³/mol. The molecule has 2 aliphatic rings. The minimum atomic E-state index is -0.833. The zero-order valence-corrected chi connectivity index (χ0v) is 44.0. The molecule has 0 unspecified atom stereocenters. The van der Waals surface area contributed by atoms with Crippen molar-refractivity contribution in [2.45, 2.75) is 93.4 Å². The molecule has 0 radical (unpaired) electrons. The number of benzene rings is 1. The Balaban J connectivity index is 0.00000173. The van der Waals surface area contributed by atoms with Gasteiger partial charge in [-0.1, -0.05) is 44.0 Å². The Morgan fingerprint density at radius 2 is 0.914 bits per heavy atom. The first-order valence-corrected chi connectivity index (χ1v) is 23.6. The van der Waals surface area contributed by atoms with Crippen molar-refractivity contribution in [2.75, 3.05) is 85.9 Å². The monoisotopic (exact) mass is 1120 g/mol. The molecular formula is C51H72GdN5O13-. The van der Waals surface area contributed by atoms with Crippen LogP contribution in [-0.2, 0) is 41.4 Å². The molecule has 0 spiro atoms. The van der Waals surface area contributed by atoms with Crippen LogP contribution in [0.4, 0.5) is 0 Å². The molecule has 1 aromatic carbocycles. The molecule has 4 heterocycles. The van der Waals surface area contributed by atoms with E-state index >= 15 is 0 Å². The molecule has 3 aromatic rings. The normalized spacial score (nSPS) is 11.8. The summed E-state index contributed by atoms with van der Waals surface area (Å²) in [5.41, 5.74) is 12.2. The summed E-state index contributed by atoms with van der Waals surface area (Å²) in [6.45, 7) is 16.5. The van der Waals surface area contributed by atoms with Crippen molar-refractivity contribution in [1.29, 1.82) is 0 Å². The van der Waals surface area contributed by atoms with Gasteiger partial charge in [-0.05, 0) is 81.1 Å². The van der Waals surface area contributed by atoms with Gasteiger partial charge in [0.25, 0.3) is 11.9 Å². The van der Waals surface area contributed by atoms with Crippen LogP contribution >= 0.6 is 0 Å². The molecule has 18 nitrogen and oxygen atoms in total. The van der Waals surface area contributed by atoms with E-state index in [1.54, 1.807) is 18.5 Å². The topological polar surface area (TPSA) is 256 Å². The van der Waals surface area contributed by atoms with Gasteiger partial charge in [-0.25, -0.2) is 9.97 Å². The third kappa shape index (κ3) is 20.8. The van der Waals surface area contributed by atoms with Crippen LogP contribution in [0.2, 0.25) is 0 Å². The smallest absolute Gasteiger partial charge is 0.300 e. The van der Waals surface area contributed by atoms with Crippen LogP contribution in [0, 0.1) is 39.9 Å². The molecule has 19 heteroatoms. The maximum absolute atomic E-state index is 9.83. The number of hydrogen-bond donors (Lipinski definition) is 5. The summed E-state index contributed by atoms with van der Waals surface area (Å²) in [5, 5.41) is 43.5. The number of aliphatic hydroxyl groups is 3. The molecule has 388 valence electrons. The van der Waals surface area contributed by atoms with Crippen molar-refractivity contribution in [1.82, 2.24) is 24.9 Å². The number of aliphatic hydroxyl groups excluding tert-OH is 3. The molecule has 0 atom stereocenters. The molecular weight excluding hydrogens is 1050 g/mol. The van der Waals surface area contributed by atoms with E-state index in [-0.39, 0.29) is 79.6 Å². The van der Waals surface area contributed by atoms with Gasteiger partial charge in [-0.3, -0.25) is 19.6 Å². The van der Waals surface area contributed by atoms with Crippen molar-refractivity contribution < 1.29 is 103 Å². The van der Waals surface area contributed by atoms with Crippen molar-refractivity contribution in [3.8, 4) is 11.5 Å². The third-order valence-corrected chi connectivity index (χ3v) is 10.4. The molecule has 6 bridgehead atoms. The number of ether oxygens (including phenoxy) is 6. The van der Waals surface area contributed by atoms with E-state index in [1.165, 1.54) is 11.1 Å². The fraction of sp³-hybridized carbons (Fsp3) is 0.529. The molecule has 0 saturated heterocycles. The summed E-state index contributed by atoms with van der Waals surface area (Å²) in [7, 11) is 0. The fourth-order valence-electron chi connectivity index (χ4n) is 7.26. The Hall–Kier alpha value is -4.28. The number of carbonyl (C=O) groups is 2. The molecule has 70 heavy (non-hydrogen) atoms. The molecule has 2 aliphatic heterocycles. The van der Waals surface area contributed by atoms with Gasteiger partial charge < -0.3 is 58.9 Å². The molecule has 5 rings (SSSR count). The van der Waals surface area contributed by atoms with Gasteiger partial charge >= 0.3 is 0 Å². The summed E-state index contributed by atoms with van der Waals surface area (Å²) in [6, 6.07) is 7.76. The second-order valence-corrected chi connectivity index (χ2v) is 15.7. The average Bonchev–Trinajstić information content (AvgIpc) is 3.91. The SMILES string of the molecule is CC(=O)O.CC(=O)O.CCCOCCOCCOc1cc2ncc3nc(cc4[n-]c(cc5nc(cnc2cc1OCCOCCOCCO)C(C)=C5CCCO)c(CC)c4CC)C(CCCO)=C3C.[Gd]. The van der Waals surface area contributed by atoms with Crippen LogP contribution in [0.1, 0.15) is 114 Å². The first-order valence-electron chi connectivity index (χ1n) is 23.6. The van der Waals surface area contributed by atoms with E-state index in [2.05, 4.69) is 32.9 Å². The van der Waals surface area contributed by atoms with Gasteiger partial charge in [-0.2, -0.15) is 0 Å². The Bertz CT molecular complexity index is 2200. The minimum Gasteiger partial charge on any atom is -0.657 e. The number of fused-ring (bicyclic) bond motifs is 7. The van der Waals surface area contributed by atoms with Gasteiger partial charge in [0.15, 0.2) is 11.5 Å². The maximum atomic E-state index is 9.83. The van der Waals surface area contributed by atoms with Crippen molar-refractivity contribution in [3.63, 3.8) is 0 Å². The summed E-state index contributed by atoms with van der Waals surface area (Å²) in [6.07, 6.45) is 8.55. The zero-order chi connectivity index (χ0) is 50.6.